The minimum atomic E-state index is 1.07. The SMILES string of the molecule is CCc1ccc(C#Cc2ccc(-c3ccccc3)s2)cc1. The smallest absolute Gasteiger partial charge is 0.0778 e. The molecule has 3 rings (SSSR count). The fraction of sp³-hybridized carbons (Fsp3) is 0.100. The Morgan fingerprint density at radius 2 is 1.57 bits per heavy atom. The van der Waals surface area contributed by atoms with Crippen LogP contribution in [-0.4, -0.2) is 0 Å². The minimum absolute atomic E-state index is 1.07. The first-order valence-corrected chi connectivity index (χ1v) is 7.93. The van der Waals surface area contributed by atoms with Crippen molar-refractivity contribution in [3.63, 3.8) is 0 Å². The fourth-order valence-corrected chi connectivity index (χ4v) is 2.99. The molecule has 0 nitrogen and oxygen atoms in total. The molecule has 102 valence electrons. The molecule has 0 unspecified atom stereocenters. The maximum Gasteiger partial charge on any atom is 0.0778 e. The standard InChI is InChI=1S/C20H16S/c1-2-16-8-10-17(11-9-16)12-13-19-14-15-20(21-19)18-6-4-3-5-7-18/h3-11,14-15H,2H2,1H3. The summed E-state index contributed by atoms with van der Waals surface area (Å²) in [5, 5.41) is 0. The van der Waals surface area contributed by atoms with E-state index in [-0.39, 0.29) is 0 Å². The number of benzene rings is 2. The monoisotopic (exact) mass is 288 g/mol. The first-order chi connectivity index (χ1) is 10.3. The summed E-state index contributed by atoms with van der Waals surface area (Å²) in [5.41, 5.74) is 3.67. The van der Waals surface area contributed by atoms with E-state index >= 15 is 0 Å². The van der Waals surface area contributed by atoms with Crippen LogP contribution in [-0.2, 0) is 6.42 Å². The van der Waals surface area contributed by atoms with Gasteiger partial charge in [-0.3, -0.25) is 0 Å². The molecule has 0 N–H and O–H groups in total. The Bertz CT molecular complexity index is 768. The van der Waals surface area contributed by atoms with E-state index in [9.17, 15) is 0 Å². The van der Waals surface area contributed by atoms with Gasteiger partial charge in [-0.25, -0.2) is 0 Å². The quantitative estimate of drug-likeness (QED) is 0.556. The third kappa shape index (κ3) is 3.42. The molecule has 0 aliphatic carbocycles. The van der Waals surface area contributed by atoms with E-state index in [1.54, 1.807) is 11.3 Å². The molecule has 0 aliphatic rings. The van der Waals surface area contributed by atoms with Crippen molar-refractivity contribution in [2.75, 3.05) is 0 Å². The number of hydrogen-bond acceptors (Lipinski definition) is 1. The van der Waals surface area contributed by atoms with Gasteiger partial charge >= 0.3 is 0 Å². The molecule has 0 radical (unpaired) electrons. The molecule has 0 amide bonds. The van der Waals surface area contributed by atoms with Gasteiger partial charge in [0.05, 0.1) is 4.88 Å². The van der Waals surface area contributed by atoms with Gasteiger partial charge in [-0.1, -0.05) is 61.2 Å². The highest BCUT2D eigenvalue weighted by Gasteiger charge is 2.00. The predicted molar refractivity (Wildman–Crippen MR) is 91.6 cm³/mol. The molecular weight excluding hydrogens is 272 g/mol. The maximum absolute atomic E-state index is 3.26. The largest absolute Gasteiger partial charge is 0.127 e. The summed E-state index contributed by atoms with van der Waals surface area (Å²) in [6.45, 7) is 2.16. The highest BCUT2D eigenvalue weighted by molar-refractivity contribution is 7.16. The Hall–Kier alpha value is -2.30. The Balaban J connectivity index is 1.80. The van der Waals surface area contributed by atoms with Gasteiger partial charge in [0, 0.05) is 10.4 Å². The zero-order chi connectivity index (χ0) is 14.5. The van der Waals surface area contributed by atoms with Crippen LogP contribution in [0.3, 0.4) is 0 Å². The van der Waals surface area contributed by atoms with Crippen LogP contribution in [0.15, 0.2) is 66.7 Å². The van der Waals surface area contributed by atoms with Crippen LogP contribution in [0.4, 0.5) is 0 Å². The first kappa shape index (κ1) is 13.7. The molecule has 21 heavy (non-hydrogen) atoms. The van der Waals surface area contributed by atoms with E-state index in [0.29, 0.717) is 0 Å². The third-order valence-corrected chi connectivity index (χ3v) is 4.41. The van der Waals surface area contributed by atoms with Gasteiger partial charge in [-0.05, 0) is 41.8 Å². The number of rotatable bonds is 2. The molecule has 1 heteroatoms. The Kier molecular flexibility index (Phi) is 4.19. The Morgan fingerprint density at radius 3 is 2.29 bits per heavy atom. The Labute approximate surface area is 130 Å². The zero-order valence-electron chi connectivity index (χ0n) is 12.0. The first-order valence-electron chi connectivity index (χ1n) is 7.11. The zero-order valence-corrected chi connectivity index (χ0v) is 12.8. The topological polar surface area (TPSA) is 0 Å². The highest BCUT2D eigenvalue weighted by Crippen LogP contribution is 2.27. The molecule has 0 saturated carbocycles. The van der Waals surface area contributed by atoms with Gasteiger partial charge < -0.3 is 0 Å². The summed E-state index contributed by atoms with van der Waals surface area (Å²) in [5.74, 6) is 6.49. The average molecular weight is 288 g/mol. The van der Waals surface area contributed by atoms with Crippen molar-refractivity contribution < 1.29 is 0 Å². The number of thiophene rings is 1. The van der Waals surface area contributed by atoms with Crippen molar-refractivity contribution in [2.24, 2.45) is 0 Å². The molecule has 0 atom stereocenters. The van der Waals surface area contributed by atoms with E-state index in [1.165, 1.54) is 16.0 Å². The predicted octanol–water partition coefficient (Wildman–Crippen LogP) is 5.38. The molecule has 3 aromatic rings. The van der Waals surface area contributed by atoms with E-state index < -0.39 is 0 Å². The second-order valence-electron chi connectivity index (χ2n) is 4.83. The summed E-state index contributed by atoms with van der Waals surface area (Å²) >= 11 is 1.74. The van der Waals surface area contributed by atoms with Crippen molar-refractivity contribution >= 4 is 11.3 Å². The maximum atomic E-state index is 3.26. The van der Waals surface area contributed by atoms with Crippen LogP contribution in [0.25, 0.3) is 10.4 Å². The summed E-state index contributed by atoms with van der Waals surface area (Å²) in [4.78, 5) is 2.37. The normalized spacial score (nSPS) is 9.95. The number of hydrogen-bond donors (Lipinski definition) is 0. The summed E-state index contributed by atoms with van der Waals surface area (Å²) in [7, 11) is 0. The second-order valence-corrected chi connectivity index (χ2v) is 5.91. The highest BCUT2D eigenvalue weighted by atomic mass is 32.1. The average Bonchev–Trinajstić information content (AvgIpc) is 3.03. The van der Waals surface area contributed by atoms with E-state index in [1.807, 2.05) is 6.07 Å². The molecule has 2 aromatic carbocycles. The van der Waals surface area contributed by atoms with Crippen molar-refractivity contribution in [1.29, 1.82) is 0 Å². The van der Waals surface area contributed by atoms with Crippen LogP contribution < -0.4 is 0 Å². The van der Waals surface area contributed by atoms with Crippen molar-refractivity contribution in [3.05, 3.63) is 82.7 Å². The molecule has 0 bridgehead atoms. The lowest BCUT2D eigenvalue weighted by molar-refractivity contribution is 1.14. The summed E-state index contributed by atoms with van der Waals surface area (Å²) < 4.78 is 0. The lowest BCUT2D eigenvalue weighted by atomic mass is 10.1. The molecule has 1 aromatic heterocycles. The fourth-order valence-electron chi connectivity index (χ4n) is 2.12. The number of aryl methyl sites for hydroxylation is 1. The van der Waals surface area contributed by atoms with E-state index in [0.717, 1.165) is 16.9 Å². The summed E-state index contributed by atoms with van der Waals surface area (Å²) in [6, 6.07) is 23.2. The van der Waals surface area contributed by atoms with Gasteiger partial charge in [-0.2, -0.15) is 0 Å². The van der Waals surface area contributed by atoms with Gasteiger partial charge in [-0.15, -0.1) is 11.3 Å². The van der Waals surface area contributed by atoms with E-state index in [4.69, 9.17) is 0 Å². The molecule has 1 heterocycles. The minimum Gasteiger partial charge on any atom is -0.127 e. The molecule has 0 spiro atoms. The molecule has 0 fully saturated rings. The molecule has 0 saturated heterocycles. The van der Waals surface area contributed by atoms with Crippen LogP contribution >= 0.6 is 11.3 Å². The molecular formula is C20H16S. The van der Waals surface area contributed by atoms with Crippen LogP contribution in [0.5, 0.6) is 0 Å². The van der Waals surface area contributed by atoms with Crippen LogP contribution in [0, 0.1) is 11.8 Å². The van der Waals surface area contributed by atoms with Crippen molar-refractivity contribution in [3.8, 4) is 22.3 Å². The lowest BCUT2D eigenvalue weighted by Gasteiger charge is -1.95. The van der Waals surface area contributed by atoms with Crippen molar-refractivity contribution in [2.45, 2.75) is 13.3 Å². The van der Waals surface area contributed by atoms with Gasteiger partial charge in [0.1, 0.15) is 0 Å². The van der Waals surface area contributed by atoms with Gasteiger partial charge in [0.15, 0.2) is 0 Å². The summed E-state index contributed by atoms with van der Waals surface area (Å²) in [6.07, 6.45) is 1.07. The Morgan fingerprint density at radius 1 is 0.810 bits per heavy atom. The molecule has 0 aliphatic heterocycles. The second kappa shape index (κ2) is 6.43. The van der Waals surface area contributed by atoms with E-state index in [2.05, 4.69) is 79.4 Å². The van der Waals surface area contributed by atoms with Gasteiger partial charge in [0.2, 0.25) is 0 Å². The lowest BCUT2D eigenvalue weighted by Crippen LogP contribution is -1.79. The van der Waals surface area contributed by atoms with Crippen LogP contribution in [0.1, 0.15) is 22.9 Å². The van der Waals surface area contributed by atoms with Crippen molar-refractivity contribution in [1.82, 2.24) is 0 Å². The van der Waals surface area contributed by atoms with Gasteiger partial charge in [0.25, 0.3) is 0 Å². The third-order valence-electron chi connectivity index (χ3n) is 3.36. The van der Waals surface area contributed by atoms with Crippen LogP contribution in [0.2, 0.25) is 0 Å².